The number of nitrogens with two attached hydrogens (primary N) is 5. The number of aromatic nitrogens is 2. The minimum absolute atomic E-state index is 0.0247. The Labute approximate surface area is 764 Å². The van der Waals surface area contributed by atoms with Crippen LogP contribution in [0.1, 0.15) is 114 Å². The van der Waals surface area contributed by atoms with Crippen molar-refractivity contribution in [3.8, 4) is 5.75 Å². The van der Waals surface area contributed by atoms with Crippen LogP contribution >= 0.6 is 25.3 Å². The number of thiol groups is 2. The number of likely N-dealkylation sites (tertiary alicyclic amines) is 2. The van der Waals surface area contributed by atoms with E-state index in [1.54, 1.807) is 74.5 Å². The number of aromatic hydroxyl groups is 1. The number of aliphatic carboxylic acids is 1. The van der Waals surface area contributed by atoms with Gasteiger partial charge in [0.15, 0.2) is 5.96 Å². The lowest BCUT2D eigenvalue weighted by atomic mass is 10.0. The van der Waals surface area contributed by atoms with Gasteiger partial charge in [0.1, 0.15) is 78.3 Å². The van der Waals surface area contributed by atoms with Gasteiger partial charge in [-0.1, -0.05) is 86.6 Å². The number of aliphatic hydroxyl groups is 1. The summed E-state index contributed by atoms with van der Waals surface area (Å²) in [6.45, 7) is 2.10. The minimum Gasteiger partial charge on any atom is -0.508 e. The van der Waals surface area contributed by atoms with Crippen LogP contribution in [0.4, 0.5) is 0 Å². The Morgan fingerprint density at radius 1 is 0.496 bits per heavy atom. The van der Waals surface area contributed by atoms with Gasteiger partial charge in [-0.25, -0.2) is 9.78 Å². The van der Waals surface area contributed by atoms with E-state index in [0.717, 1.165) is 4.90 Å². The summed E-state index contributed by atoms with van der Waals surface area (Å²) in [6.07, 6.45) is -0.396. The number of hydrogen-bond acceptors (Lipinski definition) is 26. The van der Waals surface area contributed by atoms with Gasteiger partial charge in [-0.15, -0.1) is 0 Å². The number of carboxylic acid groups (broad SMARTS) is 1. The molecular formula is C83H118N24O22S2. The number of aliphatic imine (C=N–C) groups is 1. The maximum absolute atomic E-state index is 14.8. The van der Waals surface area contributed by atoms with E-state index in [2.05, 4.69) is 115 Å². The van der Waals surface area contributed by atoms with E-state index in [-0.39, 0.29) is 120 Å². The fourth-order valence-electron chi connectivity index (χ4n) is 13.9. The fraction of sp³-hybridized carbons (Fsp3) is 0.506. The number of carbonyl (C=O) groups excluding carboxylic acids is 18. The number of H-pyrrole nitrogens is 1. The number of benzene rings is 3. The first-order chi connectivity index (χ1) is 62.2. The van der Waals surface area contributed by atoms with Crippen LogP contribution in [-0.4, -0.2) is 295 Å². The number of nitrogens with zero attached hydrogens (tertiary/aromatic N) is 4. The van der Waals surface area contributed by atoms with Gasteiger partial charge in [0.05, 0.1) is 44.5 Å². The van der Waals surface area contributed by atoms with Crippen molar-refractivity contribution >= 4 is 144 Å². The van der Waals surface area contributed by atoms with Crippen LogP contribution in [0.15, 0.2) is 102 Å². The number of rotatable bonds is 54. The van der Waals surface area contributed by atoms with Gasteiger partial charge in [-0.3, -0.25) is 91.3 Å². The number of guanidine groups is 1. The monoisotopic (exact) mass is 1870 g/mol. The zero-order valence-corrected chi connectivity index (χ0v) is 74.3. The molecule has 0 bridgehead atoms. The lowest BCUT2D eigenvalue weighted by molar-refractivity contribution is -0.148. The first-order valence-corrected chi connectivity index (χ1v) is 43.6. The van der Waals surface area contributed by atoms with Crippen molar-refractivity contribution in [3.05, 3.63) is 120 Å². The minimum atomic E-state index is -1.73. The van der Waals surface area contributed by atoms with E-state index in [0.29, 0.717) is 28.8 Å². The lowest BCUT2D eigenvalue weighted by Crippen LogP contribution is -2.61. The molecule has 714 valence electrons. The molecule has 0 radical (unpaired) electrons. The van der Waals surface area contributed by atoms with Gasteiger partial charge < -0.3 is 133 Å². The van der Waals surface area contributed by atoms with E-state index >= 15 is 0 Å². The summed E-state index contributed by atoms with van der Waals surface area (Å²) in [5.74, 6) is -18.8. The Kier molecular flexibility index (Phi) is 43.9. The largest absolute Gasteiger partial charge is 0.508 e. The molecule has 0 unspecified atom stereocenters. The summed E-state index contributed by atoms with van der Waals surface area (Å²) in [4.78, 5) is 271. The molecule has 2 fully saturated rings. The topological polar surface area (TPSA) is 731 Å². The summed E-state index contributed by atoms with van der Waals surface area (Å²) in [7, 11) is 0. The third-order valence-electron chi connectivity index (χ3n) is 20.8. The van der Waals surface area contributed by atoms with Crippen molar-refractivity contribution in [2.75, 3.05) is 57.3 Å². The molecule has 46 nitrogen and oxygen atoms in total. The number of amides is 18. The first kappa shape index (κ1) is 106. The van der Waals surface area contributed by atoms with Gasteiger partial charge in [0.25, 0.3) is 0 Å². The van der Waals surface area contributed by atoms with Crippen molar-refractivity contribution < 1.29 is 106 Å². The number of carbonyl (C=O) groups is 19. The standard InChI is InChI=1S/C83H118N24O22S2/c1-44(2)31-53(74(120)102-58(34-48-20-22-50(109)23-21-48)81(127)107-30-11-18-61(107)79(125)104-59(41-130)77(123)101-57(36-64(86)111)72(118)94-40-68(115)106-29-12-19-62(106)82(128)129)97-67(114)39-92-66(113)38-93-71(117)54(32-46-13-6-4-7-14-46)99-76(122)56(35-49-37-89-43-95-49)96-65(112)26-28-90-80(126)69(45(3)108)105-78(124)60(42-131)103-75(121)55(33-47-15-8-5-9-16-47)100-73(119)52(17-10-27-91-83(87)88)98-70(116)51(84)24-25-63(85)110/h4-9,13-16,20-23,37,43-45,51-62,69,108-109,130-131H,10-12,17-19,24-36,38-42,84H2,1-3H3,(H2,85,110)(H2,86,111)(H,89,95)(H,90,126)(H,92,113)(H,93,117)(H,94,118)(H,96,112)(H,97,114)(H,98,116)(H,99,122)(H,100,119)(H,101,123)(H,102,120)(H,103,121)(H,104,125)(H,105,124)(H,128,129)(H4,87,88,91)/t45-,51+,52+,53+,54+,55+,56+,57+,58+,59+,60+,61+,62+,69+/m1/s1. The van der Waals surface area contributed by atoms with Crippen LogP contribution in [0.2, 0.25) is 0 Å². The van der Waals surface area contributed by atoms with Gasteiger partial charge >= 0.3 is 5.97 Å². The molecule has 0 spiro atoms. The first-order valence-electron chi connectivity index (χ1n) is 42.3. The number of nitrogens with one attached hydrogen (secondary N) is 15. The van der Waals surface area contributed by atoms with E-state index in [4.69, 9.17) is 28.7 Å². The summed E-state index contributed by atoms with van der Waals surface area (Å²) in [5, 5.41) is 65.5. The second kappa shape index (κ2) is 54.1. The maximum atomic E-state index is 14.8. The molecule has 14 atom stereocenters. The van der Waals surface area contributed by atoms with Crippen LogP contribution < -0.4 is 103 Å². The zero-order chi connectivity index (χ0) is 96.6. The number of phenols is 1. The molecule has 3 heterocycles. The Bertz CT molecular complexity index is 4650. The third kappa shape index (κ3) is 36.5. The van der Waals surface area contributed by atoms with E-state index in [9.17, 15) is 106 Å². The molecule has 0 aliphatic carbocycles. The van der Waals surface area contributed by atoms with E-state index < -0.39 is 242 Å². The van der Waals surface area contributed by atoms with Crippen LogP contribution in [0, 0.1) is 5.92 Å². The highest BCUT2D eigenvalue weighted by atomic mass is 32.1. The van der Waals surface area contributed by atoms with Crippen molar-refractivity contribution in [2.45, 2.75) is 202 Å². The Morgan fingerprint density at radius 3 is 1.56 bits per heavy atom. The Balaban J connectivity index is 1.06. The quantitative estimate of drug-likeness (QED) is 0.00845. The number of aromatic amines is 1. The Morgan fingerprint density at radius 2 is 0.992 bits per heavy atom. The van der Waals surface area contributed by atoms with Crippen molar-refractivity contribution in [3.63, 3.8) is 0 Å². The average Bonchev–Trinajstić information content (AvgIpc) is 1.71. The molecular weight excluding hydrogens is 1750 g/mol. The molecule has 2 saturated heterocycles. The molecule has 28 N–H and O–H groups in total. The van der Waals surface area contributed by atoms with Crippen LogP contribution in [0.5, 0.6) is 5.75 Å². The molecule has 48 heteroatoms. The summed E-state index contributed by atoms with van der Waals surface area (Å²) < 4.78 is 0. The lowest BCUT2D eigenvalue weighted by Gasteiger charge is -2.31. The summed E-state index contributed by atoms with van der Waals surface area (Å²) in [6, 6.07) is 3.80. The molecule has 1 aromatic heterocycles. The molecule has 0 saturated carbocycles. The predicted octanol–water partition coefficient (Wildman–Crippen LogP) is -8.04. The number of phenolic OH excluding ortho intramolecular Hbond substituents is 1. The average molecular weight is 1870 g/mol. The van der Waals surface area contributed by atoms with Crippen molar-refractivity contribution in [2.24, 2.45) is 39.6 Å². The number of hydrogen-bond donors (Lipinski definition) is 25. The van der Waals surface area contributed by atoms with Gasteiger partial charge in [-0.05, 0) is 93.0 Å². The molecule has 2 aliphatic rings. The molecule has 6 rings (SSSR count). The van der Waals surface area contributed by atoms with Gasteiger partial charge in [-0.2, -0.15) is 25.3 Å². The zero-order valence-electron chi connectivity index (χ0n) is 72.5. The van der Waals surface area contributed by atoms with E-state index in [1.807, 2.05) is 0 Å². The van der Waals surface area contributed by atoms with Crippen LogP contribution in [0.3, 0.4) is 0 Å². The van der Waals surface area contributed by atoms with Crippen molar-refractivity contribution in [1.29, 1.82) is 0 Å². The normalized spacial score (nSPS) is 16.1. The summed E-state index contributed by atoms with van der Waals surface area (Å²) in [5.41, 5.74) is 29.4. The fourth-order valence-corrected chi connectivity index (χ4v) is 14.5. The van der Waals surface area contributed by atoms with Gasteiger partial charge in [0.2, 0.25) is 106 Å². The number of carboxylic acids is 1. The summed E-state index contributed by atoms with van der Waals surface area (Å²) >= 11 is 8.49. The molecule has 18 amide bonds. The van der Waals surface area contributed by atoms with Crippen LogP contribution in [0.25, 0.3) is 0 Å². The molecule has 4 aromatic rings. The van der Waals surface area contributed by atoms with E-state index in [1.165, 1.54) is 48.6 Å². The second-order valence-electron chi connectivity index (χ2n) is 31.7. The number of aliphatic hydroxyl groups excluding tert-OH is 1. The van der Waals surface area contributed by atoms with Crippen LogP contribution in [-0.2, 0) is 117 Å². The molecule has 3 aromatic carbocycles. The second-order valence-corrected chi connectivity index (χ2v) is 32.4. The highest BCUT2D eigenvalue weighted by Crippen LogP contribution is 2.23. The SMILES string of the molecule is CC(C)C[C@H](NC(=O)CNC(=O)CNC(=O)[C@H](Cc1ccccc1)NC(=O)[C@H](Cc1cnc[nH]1)NC(=O)CCNC(=O)[C@@H](NC(=O)[C@H](CS)NC(=O)[C@H](Cc1ccccc1)NC(=O)[C@H](CCCN=C(N)N)NC(=O)[C@@H](N)CCC(N)=O)[C@@H](C)O)C(=O)N[C@@H](Cc1ccc(O)cc1)C(=O)N1CCC[C@H]1C(=O)N[C@@H](CS)C(=O)N[C@@H](CC(N)=O)C(=O)NCC(=O)N1CCC[C@H]1C(=O)O. The van der Waals surface area contributed by atoms with Gasteiger partial charge in [0, 0.05) is 88.1 Å². The number of primary amides is 2. The highest BCUT2D eigenvalue weighted by Gasteiger charge is 2.42. The number of imidazole rings is 1. The molecule has 131 heavy (non-hydrogen) atoms. The third-order valence-corrected chi connectivity index (χ3v) is 21.5. The predicted molar refractivity (Wildman–Crippen MR) is 476 cm³/mol. The smallest absolute Gasteiger partial charge is 0.326 e. The molecule has 2 aliphatic heterocycles. The highest BCUT2D eigenvalue weighted by molar-refractivity contribution is 7.80. The maximum Gasteiger partial charge on any atom is 0.326 e. The van der Waals surface area contributed by atoms with Crippen molar-refractivity contribution in [1.82, 2.24) is 94.2 Å². The Hall–Kier alpha value is -13.5.